The number of ether oxygens (including phenoxy) is 3. The fraction of sp³-hybridized carbons (Fsp3) is 0.280. The summed E-state index contributed by atoms with van der Waals surface area (Å²) in [5.74, 6) is 2.54. The summed E-state index contributed by atoms with van der Waals surface area (Å²) >= 11 is 0. The zero-order chi connectivity index (χ0) is 42.3. The Balaban J connectivity index is 1.45. The topological polar surface area (TPSA) is 27.7 Å². The molecule has 0 radical (unpaired) electrons. The average Bonchev–Trinajstić information content (AvgIpc) is 3.23. The summed E-state index contributed by atoms with van der Waals surface area (Å²) in [5, 5.41) is 0. The van der Waals surface area contributed by atoms with E-state index in [2.05, 4.69) is 0 Å². The Labute approximate surface area is 342 Å². The van der Waals surface area contributed by atoms with Crippen LogP contribution in [-0.2, 0) is 40.8 Å². The Hall–Kier alpha value is -5.54. The monoisotopic (exact) mass is 810 g/mol. The lowest BCUT2D eigenvalue weighted by molar-refractivity contribution is -0.138. The first-order valence-corrected chi connectivity index (χ1v) is 19.8. The summed E-state index contributed by atoms with van der Waals surface area (Å²) in [6.45, 7) is 7.96. The number of halogens is 6. The molecule has 6 rings (SSSR count). The first kappa shape index (κ1) is 43.0. The van der Waals surface area contributed by atoms with E-state index in [9.17, 15) is 26.3 Å². The van der Waals surface area contributed by atoms with Gasteiger partial charge in [0.1, 0.15) is 23.0 Å². The summed E-state index contributed by atoms with van der Waals surface area (Å²) in [4.78, 5) is 0. The van der Waals surface area contributed by atoms with E-state index in [1.807, 2.05) is 137 Å². The van der Waals surface area contributed by atoms with E-state index in [-0.39, 0.29) is 0 Å². The van der Waals surface area contributed by atoms with Crippen molar-refractivity contribution in [2.75, 3.05) is 0 Å². The van der Waals surface area contributed by atoms with E-state index in [0.29, 0.717) is 59.8 Å². The second kappa shape index (κ2) is 18.2. The van der Waals surface area contributed by atoms with Gasteiger partial charge in [-0.25, -0.2) is 0 Å². The molecule has 0 amide bonds. The molecule has 3 nitrogen and oxygen atoms in total. The Bertz CT molecular complexity index is 2080. The molecule has 4 unspecified atom stereocenters. The van der Waals surface area contributed by atoms with Crippen LogP contribution in [0.5, 0.6) is 23.0 Å². The average molecular weight is 811 g/mol. The Morgan fingerprint density at radius 3 is 1.05 bits per heavy atom. The highest BCUT2D eigenvalue weighted by molar-refractivity contribution is 5.39. The molecule has 0 fully saturated rings. The predicted molar refractivity (Wildman–Crippen MR) is 220 cm³/mol. The molecule has 9 heteroatoms. The fourth-order valence-corrected chi connectivity index (χ4v) is 7.51. The van der Waals surface area contributed by atoms with Crippen LogP contribution in [0.4, 0.5) is 26.3 Å². The van der Waals surface area contributed by atoms with Gasteiger partial charge < -0.3 is 14.2 Å². The van der Waals surface area contributed by atoms with Gasteiger partial charge in [0.25, 0.3) is 0 Å². The van der Waals surface area contributed by atoms with Crippen molar-refractivity contribution in [3.05, 3.63) is 191 Å². The molecule has 0 heterocycles. The van der Waals surface area contributed by atoms with E-state index >= 15 is 0 Å². The van der Waals surface area contributed by atoms with Gasteiger partial charge in [-0.05, 0) is 121 Å². The molecule has 0 spiro atoms. The minimum absolute atomic E-state index is 0.345. The molecule has 4 atom stereocenters. The molecular weight excluding hydrogens is 763 g/mol. The number of rotatable bonds is 16. The Morgan fingerprint density at radius 2 is 0.729 bits per heavy atom. The summed E-state index contributed by atoms with van der Waals surface area (Å²) in [6, 6.07) is 44.5. The van der Waals surface area contributed by atoms with Gasteiger partial charge in [0, 0.05) is 10.8 Å². The maximum absolute atomic E-state index is 13.8. The second-order valence-corrected chi connectivity index (χ2v) is 15.3. The molecule has 0 saturated carbocycles. The van der Waals surface area contributed by atoms with Crippen LogP contribution in [-0.4, -0.2) is 12.2 Å². The van der Waals surface area contributed by atoms with Gasteiger partial charge in [-0.2, -0.15) is 26.3 Å². The van der Waals surface area contributed by atoms with Gasteiger partial charge in [-0.3, -0.25) is 0 Å². The number of alkyl halides is 6. The maximum Gasteiger partial charge on any atom is 0.416 e. The molecule has 0 N–H and O–H groups in total. The van der Waals surface area contributed by atoms with Gasteiger partial charge in [0.05, 0.1) is 23.3 Å². The summed E-state index contributed by atoms with van der Waals surface area (Å²) in [7, 11) is 0. The second-order valence-electron chi connectivity index (χ2n) is 15.3. The smallest absolute Gasteiger partial charge is 0.416 e. The van der Waals surface area contributed by atoms with E-state index in [4.69, 9.17) is 14.2 Å². The van der Waals surface area contributed by atoms with E-state index in [1.165, 1.54) is 24.3 Å². The fourth-order valence-electron chi connectivity index (χ4n) is 7.51. The summed E-state index contributed by atoms with van der Waals surface area (Å²) in [6.07, 6.45) is -8.60. The van der Waals surface area contributed by atoms with Crippen LogP contribution < -0.4 is 9.47 Å². The lowest BCUT2D eigenvalue weighted by Crippen LogP contribution is -2.48. The van der Waals surface area contributed by atoms with Crippen molar-refractivity contribution in [1.82, 2.24) is 0 Å². The van der Waals surface area contributed by atoms with Crippen LogP contribution in [0, 0.1) is 0 Å². The number of hydrogen-bond acceptors (Lipinski definition) is 3. The quantitative estimate of drug-likeness (QED) is 0.0912. The molecule has 59 heavy (non-hydrogen) atoms. The van der Waals surface area contributed by atoms with Crippen molar-refractivity contribution >= 4 is 0 Å². The van der Waals surface area contributed by atoms with E-state index < -0.39 is 46.5 Å². The largest absolute Gasteiger partial charge is 0.457 e. The SMILES string of the molecule is CCC(C)(c1ccc(C(F)(F)F)cc1)C(Cc1cccc(Oc2ccccc2)c1)OC(Cc1cccc(Oc2ccccc2)c1)C(C)(CC)c1ccc(C(F)(F)F)cc1. The van der Waals surface area contributed by atoms with Crippen LogP contribution in [0.15, 0.2) is 158 Å². The van der Waals surface area contributed by atoms with E-state index in [1.54, 1.807) is 0 Å². The predicted octanol–water partition coefficient (Wildman–Crippen LogP) is 14.6. The highest BCUT2D eigenvalue weighted by atomic mass is 19.4. The third kappa shape index (κ3) is 10.6. The van der Waals surface area contributed by atoms with Crippen molar-refractivity contribution in [3.63, 3.8) is 0 Å². The molecule has 0 aromatic heterocycles. The minimum Gasteiger partial charge on any atom is -0.457 e. The van der Waals surface area contributed by atoms with Gasteiger partial charge >= 0.3 is 12.4 Å². The first-order valence-electron chi connectivity index (χ1n) is 19.8. The van der Waals surface area contributed by atoms with E-state index in [0.717, 1.165) is 35.4 Å². The lowest BCUT2D eigenvalue weighted by Gasteiger charge is -2.45. The summed E-state index contributed by atoms with van der Waals surface area (Å²) < 4.78 is 103. The van der Waals surface area contributed by atoms with Gasteiger partial charge in [-0.1, -0.05) is 113 Å². The Kier molecular flexibility index (Phi) is 13.3. The first-order chi connectivity index (χ1) is 28.1. The molecule has 6 aromatic carbocycles. The van der Waals surface area contributed by atoms with Crippen molar-refractivity contribution in [1.29, 1.82) is 0 Å². The van der Waals surface area contributed by atoms with Crippen LogP contribution >= 0.6 is 0 Å². The molecule has 0 saturated heterocycles. The third-order valence-electron chi connectivity index (χ3n) is 11.6. The number of para-hydroxylation sites is 2. The standard InChI is InChI=1S/C50H48F6O3/c1-5-47(3,37-23-27-39(28-24-37)49(51,52)53)45(33-35-15-13-21-43(31-35)57-41-17-9-7-10-18-41)59-46(48(4,6-2)38-25-29-40(30-26-38)50(54,55)56)34-36-16-14-22-44(32-36)58-42-19-11-8-12-20-42/h7-32,45-46H,5-6,33-34H2,1-4H3. The molecule has 0 aliphatic rings. The van der Waals surface area contributed by atoms with Crippen LogP contribution in [0.3, 0.4) is 0 Å². The maximum atomic E-state index is 13.8. The molecule has 0 aliphatic carbocycles. The lowest BCUT2D eigenvalue weighted by atomic mass is 9.70. The Morgan fingerprint density at radius 1 is 0.407 bits per heavy atom. The van der Waals surface area contributed by atoms with Gasteiger partial charge in [0.15, 0.2) is 0 Å². The van der Waals surface area contributed by atoms with Gasteiger partial charge in [-0.15, -0.1) is 0 Å². The molecular formula is C50H48F6O3. The number of hydrogen-bond donors (Lipinski definition) is 0. The zero-order valence-corrected chi connectivity index (χ0v) is 33.5. The van der Waals surface area contributed by atoms with Gasteiger partial charge in [0.2, 0.25) is 0 Å². The van der Waals surface area contributed by atoms with Crippen LogP contribution in [0.2, 0.25) is 0 Å². The molecule has 0 bridgehead atoms. The minimum atomic E-state index is -4.51. The zero-order valence-electron chi connectivity index (χ0n) is 33.5. The molecule has 0 aliphatic heterocycles. The van der Waals surface area contributed by atoms with Crippen LogP contribution in [0.25, 0.3) is 0 Å². The van der Waals surface area contributed by atoms with Crippen molar-refractivity contribution in [2.45, 2.75) is 88.8 Å². The molecule has 308 valence electrons. The van der Waals surface area contributed by atoms with Crippen molar-refractivity contribution in [2.24, 2.45) is 0 Å². The highest BCUT2D eigenvalue weighted by Crippen LogP contribution is 2.43. The summed E-state index contributed by atoms with van der Waals surface area (Å²) in [5.41, 5.74) is -0.0748. The normalized spacial score (nSPS) is 15.1. The highest BCUT2D eigenvalue weighted by Gasteiger charge is 2.43. The van der Waals surface area contributed by atoms with Crippen molar-refractivity contribution in [3.8, 4) is 23.0 Å². The van der Waals surface area contributed by atoms with Crippen LogP contribution in [0.1, 0.15) is 73.9 Å². The molecule has 6 aromatic rings. The number of benzene rings is 6. The third-order valence-corrected chi connectivity index (χ3v) is 11.6. The van der Waals surface area contributed by atoms with Crippen molar-refractivity contribution < 1.29 is 40.6 Å².